The average molecular weight is 394 g/mol. The number of hydrogen-bond donors (Lipinski definition) is 0. The zero-order chi connectivity index (χ0) is 21.3. The minimum Gasteiger partial charge on any atom is -0.465 e. The van der Waals surface area contributed by atoms with E-state index in [0.717, 1.165) is 22.3 Å². The first-order valence-corrected chi connectivity index (χ1v) is 9.69. The molecule has 0 unspecified atom stereocenters. The largest absolute Gasteiger partial charge is 0.465 e. The molecule has 1 heterocycles. The van der Waals surface area contributed by atoms with Crippen molar-refractivity contribution in [1.29, 1.82) is 0 Å². The van der Waals surface area contributed by atoms with Gasteiger partial charge >= 0.3 is 5.97 Å². The van der Waals surface area contributed by atoms with Crippen LogP contribution in [0.1, 0.15) is 39.5 Å². The Balaban J connectivity index is 2.05. The third-order valence-corrected chi connectivity index (χ3v) is 5.36. The molecule has 152 valence electrons. The van der Waals surface area contributed by atoms with E-state index in [1.165, 1.54) is 9.80 Å². The predicted octanol–water partition coefficient (Wildman–Crippen LogP) is 3.48. The molecule has 0 aromatic heterocycles. The Bertz CT molecular complexity index is 997. The fraction of sp³-hybridized carbons (Fsp3) is 0.348. The van der Waals surface area contributed by atoms with Crippen LogP contribution in [-0.2, 0) is 14.3 Å². The number of carbonyl (C=O) groups excluding carboxylic acids is 3. The van der Waals surface area contributed by atoms with Gasteiger partial charge in [-0.1, -0.05) is 6.07 Å². The standard InChI is InChI=1S/C23H26N2O4/c1-6-29-22(27)13-24-19-10-16(4)17(5)11-20(19)25(12-21(24)26)23(28)18-8-7-14(2)15(3)9-18/h7-11H,6,12-13H2,1-5H3. The van der Waals surface area contributed by atoms with Crippen LogP contribution < -0.4 is 9.80 Å². The summed E-state index contributed by atoms with van der Waals surface area (Å²) in [5.41, 5.74) is 5.81. The van der Waals surface area contributed by atoms with Crippen molar-refractivity contribution in [1.82, 2.24) is 0 Å². The van der Waals surface area contributed by atoms with E-state index in [2.05, 4.69) is 0 Å². The van der Waals surface area contributed by atoms with Crippen LogP contribution in [0.5, 0.6) is 0 Å². The molecule has 0 bridgehead atoms. The maximum Gasteiger partial charge on any atom is 0.326 e. The molecule has 6 heteroatoms. The molecule has 2 aromatic carbocycles. The van der Waals surface area contributed by atoms with Gasteiger partial charge in [-0.25, -0.2) is 0 Å². The van der Waals surface area contributed by atoms with Crippen molar-refractivity contribution in [2.24, 2.45) is 0 Å². The van der Waals surface area contributed by atoms with E-state index in [0.29, 0.717) is 16.9 Å². The van der Waals surface area contributed by atoms with Crippen molar-refractivity contribution in [2.45, 2.75) is 34.6 Å². The van der Waals surface area contributed by atoms with Gasteiger partial charge in [0.05, 0.1) is 18.0 Å². The van der Waals surface area contributed by atoms with E-state index in [1.54, 1.807) is 13.0 Å². The van der Waals surface area contributed by atoms with Crippen LogP contribution in [0.25, 0.3) is 0 Å². The second kappa shape index (κ2) is 8.07. The number of esters is 1. The molecule has 1 aliphatic rings. The highest BCUT2D eigenvalue weighted by Gasteiger charge is 2.34. The summed E-state index contributed by atoms with van der Waals surface area (Å²) in [5.74, 6) is -1.02. The van der Waals surface area contributed by atoms with Gasteiger partial charge in [-0.05, 0) is 81.1 Å². The molecular formula is C23H26N2O4. The summed E-state index contributed by atoms with van der Waals surface area (Å²) < 4.78 is 5.02. The number of fused-ring (bicyclic) bond motifs is 1. The highest BCUT2D eigenvalue weighted by molar-refractivity contribution is 6.16. The van der Waals surface area contributed by atoms with Crippen molar-refractivity contribution in [3.8, 4) is 0 Å². The van der Waals surface area contributed by atoms with Crippen LogP contribution in [0.4, 0.5) is 11.4 Å². The summed E-state index contributed by atoms with van der Waals surface area (Å²) in [5, 5.41) is 0. The number of nitrogens with zero attached hydrogens (tertiary/aromatic N) is 2. The number of hydrogen-bond acceptors (Lipinski definition) is 4. The fourth-order valence-corrected chi connectivity index (χ4v) is 3.38. The summed E-state index contributed by atoms with van der Waals surface area (Å²) in [6.45, 7) is 9.51. The molecule has 0 radical (unpaired) electrons. The van der Waals surface area contributed by atoms with Crippen molar-refractivity contribution in [3.05, 3.63) is 58.1 Å². The van der Waals surface area contributed by atoms with Gasteiger partial charge in [-0.3, -0.25) is 24.2 Å². The Kier molecular flexibility index (Phi) is 5.73. The highest BCUT2D eigenvalue weighted by Crippen LogP contribution is 2.37. The molecule has 2 aromatic rings. The van der Waals surface area contributed by atoms with Crippen molar-refractivity contribution < 1.29 is 19.1 Å². The first-order valence-electron chi connectivity index (χ1n) is 9.69. The van der Waals surface area contributed by atoms with Gasteiger partial charge in [0.1, 0.15) is 13.1 Å². The minimum atomic E-state index is -0.473. The van der Waals surface area contributed by atoms with E-state index in [-0.39, 0.29) is 31.5 Å². The molecule has 29 heavy (non-hydrogen) atoms. The van der Waals surface area contributed by atoms with Crippen LogP contribution in [0.15, 0.2) is 30.3 Å². The van der Waals surface area contributed by atoms with Gasteiger partial charge in [-0.15, -0.1) is 0 Å². The molecule has 0 atom stereocenters. The first-order chi connectivity index (χ1) is 13.7. The molecule has 0 saturated carbocycles. The smallest absolute Gasteiger partial charge is 0.326 e. The van der Waals surface area contributed by atoms with Gasteiger partial charge in [0.2, 0.25) is 5.91 Å². The Morgan fingerprint density at radius 2 is 1.55 bits per heavy atom. The Morgan fingerprint density at radius 1 is 0.931 bits per heavy atom. The number of anilines is 2. The van der Waals surface area contributed by atoms with E-state index in [4.69, 9.17) is 4.74 Å². The molecule has 3 rings (SSSR count). The van der Waals surface area contributed by atoms with Gasteiger partial charge in [-0.2, -0.15) is 0 Å². The monoisotopic (exact) mass is 394 g/mol. The van der Waals surface area contributed by atoms with E-state index < -0.39 is 5.97 Å². The summed E-state index contributed by atoms with van der Waals surface area (Å²) in [6, 6.07) is 9.27. The number of ether oxygens (including phenoxy) is 1. The van der Waals surface area contributed by atoms with E-state index in [1.807, 2.05) is 52.0 Å². The van der Waals surface area contributed by atoms with Crippen molar-refractivity contribution >= 4 is 29.2 Å². The SMILES string of the molecule is CCOC(=O)CN1C(=O)CN(C(=O)c2ccc(C)c(C)c2)c2cc(C)c(C)cc21. The van der Waals surface area contributed by atoms with E-state index >= 15 is 0 Å². The third-order valence-electron chi connectivity index (χ3n) is 5.36. The normalized spacial score (nSPS) is 13.3. The van der Waals surface area contributed by atoms with Crippen LogP contribution in [-0.4, -0.2) is 37.5 Å². The summed E-state index contributed by atoms with van der Waals surface area (Å²) >= 11 is 0. The lowest BCUT2D eigenvalue weighted by Gasteiger charge is -2.36. The van der Waals surface area contributed by atoms with Crippen LogP contribution >= 0.6 is 0 Å². The summed E-state index contributed by atoms with van der Waals surface area (Å²) in [6.07, 6.45) is 0. The molecule has 2 amide bonds. The van der Waals surface area contributed by atoms with E-state index in [9.17, 15) is 14.4 Å². The summed E-state index contributed by atoms with van der Waals surface area (Å²) in [4.78, 5) is 41.1. The number of carbonyl (C=O) groups is 3. The first kappa shape index (κ1) is 20.6. The topological polar surface area (TPSA) is 66.9 Å². The fourth-order valence-electron chi connectivity index (χ4n) is 3.38. The average Bonchev–Trinajstić information content (AvgIpc) is 2.67. The van der Waals surface area contributed by atoms with Gasteiger partial charge in [0.15, 0.2) is 0 Å². The number of benzene rings is 2. The molecular weight excluding hydrogens is 368 g/mol. The van der Waals surface area contributed by atoms with Crippen molar-refractivity contribution in [3.63, 3.8) is 0 Å². The molecule has 0 aliphatic carbocycles. The maximum atomic E-state index is 13.3. The lowest BCUT2D eigenvalue weighted by Crippen LogP contribution is -2.50. The second-order valence-electron chi connectivity index (χ2n) is 7.40. The second-order valence-corrected chi connectivity index (χ2v) is 7.40. The highest BCUT2D eigenvalue weighted by atomic mass is 16.5. The van der Waals surface area contributed by atoms with Crippen LogP contribution in [0.3, 0.4) is 0 Å². The molecule has 6 nitrogen and oxygen atoms in total. The Hall–Kier alpha value is -3.15. The van der Waals surface area contributed by atoms with Crippen LogP contribution in [0, 0.1) is 27.7 Å². The lowest BCUT2D eigenvalue weighted by molar-refractivity contribution is -0.142. The molecule has 0 saturated heterocycles. The maximum absolute atomic E-state index is 13.3. The van der Waals surface area contributed by atoms with Gasteiger partial charge < -0.3 is 4.74 Å². The van der Waals surface area contributed by atoms with Gasteiger partial charge in [0, 0.05) is 5.56 Å². The number of aryl methyl sites for hydroxylation is 4. The zero-order valence-electron chi connectivity index (χ0n) is 17.5. The van der Waals surface area contributed by atoms with Gasteiger partial charge in [0.25, 0.3) is 5.91 Å². The minimum absolute atomic E-state index is 0.124. The Labute approximate surface area is 171 Å². The third kappa shape index (κ3) is 4.01. The number of amides is 2. The zero-order valence-corrected chi connectivity index (χ0v) is 17.5. The van der Waals surface area contributed by atoms with Crippen molar-refractivity contribution in [2.75, 3.05) is 29.5 Å². The lowest BCUT2D eigenvalue weighted by atomic mass is 10.0. The molecule has 1 aliphatic heterocycles. The molecule has 0 spiro atoms. The Morgan fingerprint density at radius 3 is 2.17 bits per heavy atom. The van der Waals surface area contributed by atoms with Crippen LogP contribution in [0.2, 0.25) is 0 Å². The molecule has 0 N–H and O–H groups in total. The quantitative estimate of drug-likeness (QED) is 0.745. The predicted molar refractivity (Wildman–Crippen MR) is 112 cm³/mol. The molecule has 0 fully saturated rings. The number of rotatable bonds is 4. The summed E-state index contributed by atoms with van der Waals surface area (Å²) in [7, 11) is 0.